The Morgan fingerprint density at radius 1 is 0.944 bits per heavy atom. The van der Waals surface area contributed by atoms with Gasteiger partial charge in [0.1, 0.15) is 11.5 Å². The molecule has 4 heteroatoms. The molecule has 0 radical (unpaired) electrons. The summed E-state index contributed by atoms with van der Waals surface area (Å²) in [5, 5.41) is 18.6. The minimum Gasteiger partial charge on any atom is -0.508 e. The van der Waals surface area contributed by atoms with Crippen LogP contribution in [0, 0.1) is 0 Å². The second-order valence-electron chi connectivity index (χ2n) is 4.15. The first-order valence-electron chi connectivity index (χ1n) is 5.48. The summed E-state index contributed by atoms with van der Waals surface area (Å²) < 4.78 is 5.28. The lowest BCUT2D eigenvalue weighted by molar-refractivity contribution is 0.0455. The summed E-state index contributed by atoms with van der Waals surface area (Å²) in [6, 6.07) is 11.1. The standard InChI is InChI=1S/C14H10O4/c15-9-3-1-8(2-4-9)13-11-6-5-10(16)7-12(11)14(17)18-13/h1-7,13,15-16H. The van der Waals surface area contributed by atoms with Crippen molar-refractivity contribution in [3.63, 3.8) is 0 Å². The molecule has 0 amide bonds. The summed E-state index contributed by atoms with van der Waals surface area (Å²) in [7, 11) is 0. The van der Waals surface area contributed by atoms with E-state index in [9.17, 15) is 15.0 Å². The van der Waals surface area contributed by atoms with Crippen molar-refractivity contribution in [1.82, 2.24) is 0 Å². The van der Waals surface area contributed by atoms with Gasteiger partial charge < -0.3 is 14.9 Å². The molecule has 2 N–H and O–H groups in total. The Balaban J connectivity index is 2.07. The summed E-state index contributed by atoms with van der Waals surface area (Å²) in [5.41, 5.74) is 1.89. The fourth-order valence-electron chi connectivity index (χ4n) is 2.08. The number of carbonyl (C=O) groups excluding carboxylic acids is 1. The lowest BCUT2D eigenvalue weighted by Crippen LogP contribution is -2.00. The van der Waals surface area contributed by atoms with E-state index in [1.165, 1.54) is 12.1 Å². The number of hydrogen-bond acceptors (Lipinski definition) is 4. The normalized spacial score (nSPS) is 17.3. The number of phenols is 2. The van der Waals surface area contributed by atoms with Gasteiger partial charge in [-0.3, -0.25) is 0 Å². The van der Waals surface area contributed by atoms with E-state index in [2.05, 4.69) is 0 Å². The van der Waals surface area contributed by atoms with E-state index in [1.54, 1.807) is 30.3 Å². The highest BCUT2D eigenvalue weighted by Gasteiger charge is 2.32. The number of ether oxygens (including phenoxy) is 1. The summed E-state index contributed by atoms with van der Waals surface area (Å²) >= 11 is 0. The van der Waals surface area contributed by atoms with E-state index < -0.39 is 12.1 Å². The lowest BCUT2D eigenvalue weighted by atomic mass is 9.99. The van der Waals surface area contributed by atoms with E-state index >= 15 is 0 Å². The van der Waals surface area contributed by atoms with Crippen LogP contribution in [0.25, 0.3) is 0 Å². The van der Waals surface area contributed by atoms with E-state index in [4.69, 9.17) is 4.74 Å². The number of cyclic esters (lactones) is 1. The Bertz CT molecular complexity index is 616. The van der Waals surface area contributed by atoms with Crippen LogP contribution < -0.4 is 0 Å². The molecule has 4 nitrogen and oxygen atoms in total. The molecule has 3 rings (SSSR count). The molecule has 90 valence electrons. The van der Waals surface area contributed by atoms with Gasteiger partial charge in [-0.15, -0.1) is 0 Å². The van der Waals surface area contributed by atoms with Crippen molar-refractivity contribution in [3.8, 4) is 11.5 Å². The van der Waals surface area contributed by atoms with Gasteiger partial charge in [0.2, 0.25) is 0 Å². The zero-order chi connectivity index (χ0) is 12.7. The third-order valence-electron chi connectivity index (χ3n) is 2.96. The first-order valence-corrected chi connectivity index (χ1v) is 5.48. The number of carbonyl (C=O) groups is 1. The summed E-state index contributed by atoms with van der Waals surface area (Å²) in [4.78, 5) is 11.7. The largest absolute Gasteiger partial charge is 0.508 e. The van der Waals surface area contributed by atoms with Gasteiger partial charge in [-0.1, -0.05) is 18.2 Å². The third-order valence-corrected chi connectivity index (χ3v) is 2.96. The van der Waals surface area contributed by atoms with Gasteiger partial charge in [-0.2, -0.15) is 0 Å². The van der Waals surface area contributed by atoms with Crippen molar-refractivity contribution >= 4 is 5.97 Å². The van der Waals surface area contributed by atoms with Crippen molar-refractivity contribution in [1.29, 1.82) is 0 Å². The van der Waals surface area contributed by atoms with Gasteiger partial charge in [0.25, 0.3) is 0 Å². The molecule has 1 unspecified atom stereocenters. The molecule has 1 aliphatic heterocycles. The molecule has 18 heavy (non-hydrogen) atoms. The number of benzene rings is 2. The van der Waals surface area contributed by atoms with E-state index in [1.807, 2.05) is 0 Å². The van der Waals surface area contributed by atoms with Crippen molar-refractivity contribution in [2.45, 2.75) is 6.10 Å². The number of fused-ring (bicyclic) bond motifs is 1. The molecular weight excluding hydrogens is 232 g/mol. The number of hydrogen-bond donors (Lipinski definition) is 2. The minimum atomic E-state index is -0.478. The average Bonchev–Trinajstić information content (AvgIpc) is 2.68. The molecule has 0 fully saturated rings. The van der Waals surface area contributed by atoms with Crippen LogP contribution in [-0.2, 0) is 4.74 Å². The Hall–Kier alpha value is -2.49. The van der Waals surface area contributed by atoms with Gasteiger partial charge in [-0.05, 0) is 29.8 Å². The molecule has 0 spiro atoms. The van der Waals surface area contributed by atoms with Crippen molar-refractivity contribution in [3.05, 3.63) is 59.2 Å². The zero-order valence-corrected chi connectivity index (χ0v) is 9.33. The van der Waals surface area contributed by atoms with Crippen LogP contribution >= 0.6 is 0 Å². The van der Waals surface area contributed by atoms with Crippen LogP contribution in [0.5, 0.6) is 11.5 Å². The fourth-order valence-corrected chi connectivity index (χ4v) is 2.08. The maximum atomic E-state index is 11.7. The molecule has 0 aromatic heterocycles. The number of esters is 1. The van der Waals surface area contributed by atoms with Crippen LogP contribution in [0.15, 0.2) is 42.5 Å². The summed E-state index contributed by atoms with van der Waals surface area (Å²) in [6.07, 6.45) is -0.478. The smallest absolute Gasteiger partial charge is 0.339 e. The van der Waals surface area contributed by atoms with Crippen LogP contribution in [0.3, 0.4) is 0 Å². The van der Waals surface area contributed by atoms with Gasteiger partial charge in [-0.25, -0.2) is 4.79 Å². The summed E-state index contributed by atoms with van der Waals surface area (Å²) in [6.45, 7) is 0. The summed E-state index contributed by atoms with van der Waals surface area (Å²) in [5.74, 6) is -0.245. The van der Waals surface area contributed by atoms with Crippen LogP contribution in [0.2, 0.25) is 0 Å². The van der Waals surface area contributed by atoms with Crippen molar-refractivity contribution in [2.75, 3.05) is 0 Å². The van der Waals surface area contributed by atoms with Gasteiger partial charge >= 0.3 is 5.97 Å². The van der Waals surface area contributed by atoms with Crippen LogP contribution in [0.1, 0.15) is 27.6 Å². The molecule has 1 aliphatic rings. The van der Waals surface area contributed by atoms with Crippen LogP contribution in [0.4, 0.5) is 0 Å². The molecule has 0 saturated carbocycles. The molecule has 0 aliphatic carbocycles. The topological polar surface area (TPSA) is 66.8 Å². The number of phenolic OH excluding ortho intramolecular Hbond substituents is 2. The molecule has 2 aromatic rings. The maximum Gasteiger partial charge on any atom is 0.339 e. The highest BCUT2D eigenvalue weighted by Crippen LogP contribution is 2.37. The monoisotopic (exact) mass is 242 g/mol. The predicted octanol–water partition coefficient (Wildman–Crippen LogP) is 2.36. The second-order valence-corrected chi connectivity index (χ2v) is 4.15. The minimum absolute atomic E-state index is 0.0389. The fraction of sp³-hybridized carbons (Fsp3) is 0.0714. The molecule has 2 aromatic carbocycles. The predicted molar refractivity (Wildman–Crippen MR) is 63.5 cm³/mol. The molecular formula is C14H10O4. The van der Waals surface area contributed by atoms with Gasteiger partial charge in [0, 0.05) is 5.56 Å². The molecule has 0 bridgehead atoms. The first-order chi connectivity index (χ1) is 8.65. The van der Waals surface area contributed by atoms with Crippen LogP contribution in [-0.4, -0.2) is 16.2 Å². The Kier molecular flexibility index (Phi) is 2.23. The van der Waals surface area contributed by atoms with Crippen molar-refractivity contribution < 1.29 is 19.7 Å². The average molecular weight is 242 g/mol. The third kappa shape index (κ3) is 1.59. The number of aromatic hydroxyl groups is 2. The van der Waals surface area contributed by atoms with Crippen molar-refractivity contribution in [2.24, 2.45) is 0 Å². The number of rotatable bonds is 1. The lowest BCUT2D eigenvalue weighted by Gasteiger charge is -2.10. The maximum absolute atomic E-state index is 11.7. The SMILES string of the molecule is O=C1OC(c2ccc(O)cc2)c2ccc(O)cc21. The quantitative estimate of drug-likeness (QED) is 0.753. The second kappa shape index (κ2) is 3.77. The Morgan fingerprint density at radius 3 is 2.33 bits per heavy atom. The molecule has 1 heterocycles. The molecule has 1 atom stereocenters. The molecule has 0 saturated heterocycles. The van der Waals surface area contributed by atoms with E-state index in [0.29, 0.717) is 5.56 Å². The highest BCUT2D eigenvalue weighted by molar-refractivity contribution is 5.95. The van der Waals surface area contributed by atoms with Gasteiger partial charge in [0.05, 0.1) is 5.56 Å². The van der Waals surface area contributed by atoms with E-state index in [-0.39, 0.29) is 11.5 Å². The first kappa shape index (κ1) is 10.7. The zero-order valence-electron chi connectivity index (χ0n) is 9.33. The Labute approximate surface area is 103 Å². The van der Waals surface area contributed by atoms with E-state index in [0.717, 1.165) is 11.1 Å². The van der Waals surface area contributed by atoms with Gasteiger partial charge in [0.15, 0.2) is 6.10 Å². The Morgan fingerprint density at radius 2 is 1.61 bits per heavy atom. The highest BCUT2D eigenvalue weighted by atomic mass is 16.5.